The molecule has 4 rings (SSSR count). The molecule has 156 valence electrons. The number of imide groups is 1. The van der Waals surface area contributed by atoms with Crippen LogP contribution in [-0.2, 0) is 16.1 Å². The first-order valence-electron chi connectivity index (χ1n) is 10.7. The summed E-state index contributed by atoms with van der Waals surface area (Å²) in [7, 11) is 4.14. The second-order valence-corrected chi connectivity index (χ2v) is 8.45. The van der Waals surface area contributed by atoms with Crippen LogP contribution < -0.4 is 15.5 Å². The molecule has 0 aromatic heterocycles. The van der Waals surface area contributed by atoms with Gasteiger partial charge in [-0.1, -0.05) is 25.3 Å². The second kappa shape index (κ2) is 8.14. The van der Waals surface area contributed by atoms with E-state index >= 15 is 0 Å². The summed E-state index contributed by atoms with van der Waals surface area (Å²) in [4.78, 5) is 40.7. The average molecular weight is 399 g/mol. The highest BCUT2D eigenvalue weighted by Gasteiger charge is 2.39. The van der Waals surface area contributed by atoms with Crippen LogP contribution in [-0.4, -0.2) is 54.8 Å². The van der Waals surface area contributed by atoms with Gasteiger partial charge in [0.1, 0.15) is 6.04 Å². The smallest absolute Gasteiger partial charge is 0.255 e. The van der Waals surface area contributed by atoms with Gasteiger partial charge in [0.15, 0.2) is 0 Å². The summed E-state index contributed by atoms with van der Waals surface area (Å²) < 4.78 is 0. The maximum Gasteiger partial charge on any atom is 0.255 e. The van der Waals surface area contributed by atoms with Gasteiger partial charge in [-0.25, -0.2) is 0 Å². The lowest BCUT2D eigenvalue weighted by molar-refractivity contribution is -0.136. The molecule has 3 atom stereocenters. The molecule has 1 saturated heterocycles. The molecule has 1 saturated carbocycles. The van der Waals surface area contributed by atoms with E-state index in [0.29, 0.717) is 30.6 Å². The van der Waals surface area contributed by atoms with Crippen LogP contribution in [0.25, 0.3) is 0 Å². The van der Waals surface area contributed by atoms with E-state index in [2.05, 4.69) is 28.6 Å². The van der Waals surface area contributed by atoms with Gasteiger partial charge >= 0.3 is 0 Å². The van der Waals surface area contributed by atoms with Gasteiger partial charge < -0.3 is 15.1 Å². The van der Waals surface area contributed by atoms with Gasteiger partial charge in [-0.15, -0.1) is 0 Å². The Morgan fingerprint density at radius 3 is 2.66 bits per heavy atom. The predicted octanol–water partition coefficient (Wildman–Crippen LogP) is 1.80. The molecule has 2 aliphatic heterocycles. The molecule has 1 aliphatic carbocycles. The molecule has 7 heteroatoms. The van der Waals surface area contributed by atoms with Gasteiger partial charge in [-0.05, 0) is 44.0 Å². The number of piperidine rings is 1. The lowest BCUT2D eigenvalue weighted by atomic mass is 10.00. The number of carbonyl (C=O) groups is 3. The molecule has 0 spiro atoms. The van der Waals surface area contributed by atoms with E-state index < -0.39 is 6.04 Å². The Balaban J connectivity index is 1.54. The summed E-state index contributed by atoms with van der Waals surface area (Å²) in [5.74, 6) is -0.743. The van der Waals surface area contributed by atoms with E-state index in [4.69, 9.17) is 0 Å². The minimum Gasteiger partial charge on any atom is -0.370 e. The van der Waals surface area contributed by atoms with Crippen LogP contribution in [0.2, 0.25) is 0 Å². The fourth-order valence-corrected chi connectivity index (χ4v) is 5.04. The van der Waals surface area contributed by atoms with Gasteiger partial charge in [0, 0.05) is 43.3 Å². The topological polar surface area (TPSA) is 81.8 Å². The van der Waals surface area contributed by atoms with Crippen LogP contribution in [0, 0.1) is 0 Å². The Morgan fingerprint density at radius 2 is 1.90 bits per heavy atom. The van der Waals surface area contributed by atoms with E-state index in [0.717, 1.165) is 17.7 Å². The van der Waals surface area contributed by atoms with E-state index in [9.17, 15) is 14.4 Å². The zero-order valence-corrected chi connectivity index (χ0v) is 17.2. The Labute approximate surface area is 171 Å². The highest BCUT2D eigenvalue weighted by molar-refractivity contribution is 6.05. The molecular formula is C22H30N4O3. The van der Waals surface area contributed by atoms with Crippen molar-refractivity contribution in [3.05, 3.63) is 29.3 Å². The van der Waals surface area contributed by atoms with Crippen LogP contribution >= 0.6 is 0 Å². The maximum absolute atomic E-state index is 13.1. The number of benzene rings is 1. The molecule has 2 heterocycles. The first kappa shape index (κ1) is 19.9. The molecule has 3 amide bonds. The minimum atomic E-state index is -0.565. The van der Waals surface area contributed by atoms with Crippen molar-refractivity contribution in [3.8, 4) is 0 Å². The fourth-order valence-electron chi connectivity index (χ4n) is 5.04. The molecule has 2 N–H and O–H groups in total. The lowest BCUT2D eigenvalue weighted by Crippen LogP contribution is -2.52. The third-order valence-corrected chi connectivity index (χ3v) is 6.77. The summed E-state index contributed by atoms with van der Waals surface area (Å²) in [6.45, 7) is 0.424. The predicted molar refractivity (Wildman–Crippen MR) is 111 cm³/mol. The molecule has 29 heavy (non-hydrogen) atoms. The van der Waals surface area contributed by atoms with Crippen LogP contribution in [0.1, 0.15) is 60.9 Å². The molecule has 0 radical (unpaired) electrons. The second-order valence-electron chi connectivity index (χ2n) is 8.45. The molecule has 3 aliphatic rings. The zero-order chi connectivity index (χ0) is 20.5. The monoisotopic (exact) mass is 398 g/mol. The normalized spacial score (nSPS) is 27.4. The molecule has 1 unspecified atom stereocenters. The Morgan fingerprint density at radius 1 is 1.10 bits per heavy atom. The molecule has 1 aromatic rings. The molecule has 0 bridgehead atoms. The third-order valence-electron chi connectivity index (χ3n) is 6.77. The van der Waals surface area contributed by atoms with Crippen LogP contribution in [0.5, 0.6) is 0 Å². The van der Waals surface area contributed by atoms with Crippen molar-refractivity contribution in [2.45, 2.75) is 69.6 Å². The quantitative estimate of drug-likeness (QED) is 0.597. The van der Waals surface area contributed by atoms with Crippen molar-refractivity contribution in [3.63, 3.8) is 0 Å². The number of carbonyl (C=O) groups excluding carboxylic acids is 3. The van der Waals surface area contributed by atoms with E-state index in [1.54, 1.807) is 4.90 Å². The third kappa shape index (κ3) is 3.75. The van der Waals surface area contributed by atoms with Crippen LogP contribution in [0.4, 0.5) is 5.69 Å². The zero-order valence-electron chi connectivity index (χ0n) is 17.2. The highest BCUT2D eigenvalue weighted by Crippen LogP contribution is 2.32. The number of hydrogen-bond donors (Lipinski definition) is 2. The fraction of sp³-hybridized carbons (Fsp3) is 0.591. The Hall–Kier alpha value is -2.41. The first-order chi connectivity index (χ1) is 14.0. The van der Waals surface area contributed by atoms with Crippen molar-refractivity contribution in [1.82, 2.24) is 15.5 Å². The number of amides is 3. The number of nitrogens with one attached hydrogen (secondary N) is 2. The maximum atomic E-state index is 13.1. The van der Waals surface area contributed by atoms with Gasteiger partial charge in [-0.2, -0.15) is 0 Å². The number of hydrogen-bond acceptors (Lipinski definition) is 5. The molecule has 7 nitrogen and oxygen atoms in total. The average Bonchev–Trinajstić information content (AvgIpc) is 2.89. The van der Waals surface area contributed by atoms with E-state index in [-0.39, 0.29) is 24.1 Å². The molecular weight excluding hydrogens is 368 g/mol. The largest absolute Gasteiger partial charge is 0.370 e. The number of nitrogens with zero attached hydrogens (tertiary/aromatic N) is 2. The summed E-state index contributed by atoms with van der Waals surface area (Å²) in [6.07, 6.45) is 6.71. The van der Waals surface area contributed by atoms with Gasteiger partial charge in [0.2, 0.25) is 11.8 Å². The number of likely N-dealkylation sites (N-methyl/N-ethyl adjacent to an activating group) is 2. The summed E-state index contributed by atoms with van der Waals surface area (Å²) in [5.41, 5.74) is 2.66. The van der Waals surface area contributed by atoms with Crippen molar-refractivity contribution >= 4 is 23.4 Å². The van der Waals surface area contributed by atoms with Crippen LogP contribution in [0.15, 0.2) is 18.2 Å². The van der Waals surface area contributed by atoms with E-state index in [1.165, 1.54) is 25.7 Å². The van der Waals surface area contributed by atoms with E-state index in [1.807, 2.05) is 19.2 Å². The SMILES string of the molecule is CN[C@@H]1CCCCC[C@@H]1N(C)c1ccc2c(c1)C(=O)N(C1CCC(=O)NC1=O)C2. The summed E-state index contributed by atoms with van der Waals surface area (Å²) >= 11 is 0. The number of fused-ring (bicyclic) bond motifs is 1. The number of anilines is 1. The Kier molecular flexibility index (Phi) is 5.58. The van der Waals surface area contributed by atoms with Crippen molar-refractivity contribution in [2.75, 3.05) is 19.0 Å². The molecule has 1 aromatic carbocycles. The van der Waals surface area contributed by atoms with Crippen molar-refractivity contribution in [2.24, 2.45) is 0 Å². The van der Waals surface area contributed by atoms with Crippen molar-refractivity contribution in [1.29, 1.82) is 0 Å². The van der Waals surface area contributed by atoms with Crippen molar-refractivity contribution < 1.29 is 14.4 Å². The summed E-state index contributed by atoms with van der Waals surface area (Å²) in [5, 5.41) is 5.83. The summed E-state index contributed by atoms with van der Waals surface area (Å²) in [6, 6.07) is 6.33. The van der Waals surface area contributed by atoms with Gasteiger partial charge in [-0.3, -0.25) is 19.7 Å². The lowest BCUT2D eigenvalue weighted by Gasteiger charge is -2.35. The minimum absolute atomic E-state index is 0.115. The Bertz CT molecular complexity index is 824. The highest BCUT2D eigenvalue weighted by atomic mass is 16.2. The first-order valence-corrected chi connectivity index (χ1v) is 10.7. The number of rotatable bonds is 4. The molecule has 2 fully saturated rings. The standard InChI is InChI=1S/C22H30N4O3/c1-23-17-6-4-3-5-7-18(17)25(2)15-9-8-14-13-26(22(29)16(14)12-15)19-10-11-20(27)24-21(19)28/h8-9,12,17-19,23H,3-7,10-11,13H2,1-2H3,(H,24,27,28)/t17-,18+,19?/m1/s1. The van der Waals surface area contributed by atoms with Gasteiger partial charge in [0.05, 0.1) is 0 Å². The van der Waals surface area contributed by atoms with Gasteiger partial charge in [0.25, 0.3) is 5.91 Å². The van der Waals surface area contributed by atoms with Crippen LogP contribution in [0.3, 0.4) is 0 Å².